The Labute approximate surface area is 162 Å². The zero-order valence-electron chi connectivity index (χ0n) is 16.0. The summed E-state index contributed by atoms with van der Waals surface area (Å²) in [6.07, 6.45) is 3.24. The fraction of sp³-hybridized carbons (Fsp3) is 0.190. The van der Waals surface area contributed by atoms with Crippen LogP contribution in [0.5, 0.6) is 0 Å². The zero-order valence-corrected chi connectivity index (χ0v) is 16.0. The molecule has 3 heterocycles. The number of nitrogens with zero attached hydrogens (tertiary/aromatic N) is 4. The van der Waals surface area contributed by atoms with Crippen molar-refractivity contribution in [3.05, 3.63) is 77.7 Å². The number of benzene rings is 1. The molecule has 1 amide bonds. The first-order chi connectivity index (χ1) is 13.5. The third kappa shape index (κ3) is 3.22. The number of nitrogens with one attached hydrogen (secondary N) is 1. The highest BCUT2D eigenvalue weighted by atomic mass is 16.4. The second-order valence-corrected chi connectivity index (χ2v) is 6.62. The van der Waals surface area contributed by atoms with E-state index in [4.69, 9.17) is 4.42 Å². The Kier molecular flexibility index (Phi) is 4.57. The van der Waals surface area contributed by atoms with E-state index in [0.717, 1.165) is 22.8 Å². The number of carbonyl (C=O) groups is 1. The first kappa shape index (κ1) is 17.8. The van der Waals surface area contributed by atoms with Crippen LogP contribution in [0.25, 0.3) is 17.1 Å². The van der Waals surface area contributed by atoms with Crippen molar-refractivity contribution in [2.45, 2.75) is 20.4 Å². The van der Waals surface area contributed by atoms with Crippen molar-refractivity contribution >= 4 is 5.91 Å². The molecule has 7 nitrogen and oxygen atoms in total. The van der Waals surface area contributed by atoms with E-state index in [1.54, 1.807) is 17.1 Å². The van der Waals surface area contributed by atoms with Gasteiger partial charge in [-0.3, -0.25) is 9.48 Å². The van der Waals surface area contributed by atoms with Crippen molar-refractivity contribution in [1.82, 2.24) is 24.6 Å². The lowest BCUT2D eigenvalue weighted by atomic mass is 10.2. The van der Waals surface area contributed by atoms with E-state index in [-0.39, 0.29) is 12.5 Å². The SMILES string of the molecule is Cc1ccc(C)n1-c1c(C(=O)NCc2ncc(-c3ccccc3)o2)cnn1C. The van der Waals surface area contributed by atoms with Gasteiger partial charge in [0.05, 0.1) is 18.9 Å². The van der Waals surface area contributed by atoms with Crippen LogP contribution in [0, 0.1) is 13.8 Å². The Morgan fingerprint density at radius 2 is 1.79 bits per heavy atom. The standard InChI is InChI=1S/C21H21N5O2/c1-14-9-10-15(2)26(14)21-17(11-24-25(21)3)20(27)23-13-19-22-12-18(28-19)16-7-5-4-6-8-16/h4-12H,13H2,1-3H3,(H,23,27). The number of aryl methyl sites for hydroxylation is 3. The van der Waals surface area contributed by atoms with Gasteiger partial charge in [-0.25, -0.2) is 4.98 Å². The maximum absolute atomic E-state index is 12.8. The van der Waals surface area contributed by atoms with Crippen molar-refractivity contribution < 1.29 is 9.21 Å². The van der Waals surface area contributed by atoms with Crippen LogP contribution in [0.3, 0.4) is 0 Å². The van der Waals surface area contributed by atoms with Gasteiger partial charge in [-0.2, -0.15) is 5.10 Å². The summed E-state index contributed by atoms with van der Waals surface area (Å²) in [6, 6.07) is 13.8. The molecule has 1 N–H and O–H groups in total. The molecule has 0 unspecified atom stereocenters. The minimum atomic E-state index is -0.227. The Hall–Kier alpha value is -3.61. The van der Waals surface area contributed by atoms with E-state index in [9.17, 15) is 4.79 Å². The summed E-state index contributed by atoms with van der Waals surface area (Å²) >= 11 is 0. The van der Waals surface area contributed by atoms with Crippen LogP contribution in [0.4, 0.5) is 0 Å². The summed E-state index contributed by atoms with van der Waals surface area (Å²) < 4.78 is 9.47. The predicted octanol–water partition coefficient (Wildman–Crippen LogP) is 3.41. The summed E-state index contributed by atoms with van der Waals surface area (Å²) in [7, 11) is 1.82. The molecular formula is C21H21N5O2. The highest BCUT2D eigenvalue weighted by molar-refractivity contribution is 5.97. The Morgan fingerprint density at radius 1 is 1.07 bits per heavy atom. The summed E-state index contributed by atoms with van der Waals surface area (Å²) in [5.74, 6) is 1.63. The van der Waals surface area contributed by atoms with Crippen molar-refractivity contribution in [1.29, 1.82) is 0 Å². The second-order valence-electron chi connectivity index (χ2n) is 6.62. The van der Waals surface area contributed by atoms with Gasteiger partial charge >= 0.3 is 0 Å². The maximum atomic E-state index is 12.8. The van der Waals surface area contributed by atoms with Gasteiger partial charge in [0.15, 0.2) is 5.76 Å². The van der Waals surface area contributed by atoms with E-state index in [1.165, 1.54) is 0 Å². The van der Waals surface area contributed by atoms with Gasteiger partial charge in [0, 0.05) is 24.0 Å². The molecule has 0 aliphatic rings. The van der Waals surface area contributed by atoms with Gasteiger partial charge in [0.1, 0.15) is 11.4 Å². The lowest BCUT2D eigenvalue weighted by Gasteiger charge is -2.12. The first-order valence-electron chi connectivity index (χ1n) is 9.00. The second kappa shape index (κ2) is 7.19. The maximum Gasteiger partial charge on any atom is 0.257 e. The lowest BCUT2D eigenvalue weighted by molar-refractivity contribution is 0.0947. The average Bonchev–Trinajstić information content (AvgIpc) is 3.40. The van der Waals surface area contributed by atoms with Crippen LogP contribution in [0.15, 0.2) is 59.3 Å². The number of aromatic nitrogens is 4. The Bertz CT molecular complexity index is 1100. The van der Waals surface area contributed by atoms with Gasteiger partial charge < -0.3 is 14.3 Å². The summed E-state index contributed by atoms with van der Waals surface area (Å²) in [5, 5.41) is 7.14. The molecule has 1 aromatic carbocycles. The minimum Gasteiger partial charge on any atom is -0.439 e. The molecular weight excluding hydrogens is 354 g/mol. The fourth-order valence-electron chi connectivity index (χ4n) is 3.24. The molecule has 7 heteroatoms. The van der Waals surface area contributed by atoms with Gasteiger partial charge in [0.25, 0.3) is 5.91 Å². The van der Waals surface area contributed by atoms with Gasteiger partial charge in [-0.1, -0.05) is 30.3 Å². The topological polar surface area (TPSA) is 77.9 Å². The van der Waals surface area contributed by atoms with E-state index in [1.807, 2.05) is 67.9 Å². The predicted molar refractivity (Wildman–Crippen MR) is 105 cm³/mol. The van der Waals surface area contributed by atoms with Gasteiger partial charge in [-0.05, 0) is 26.0 Å². The van der Waals surface area contributed by atoms with Crippen LogP contribution in [-0.2, 0) is 13.6 Å². The van der Waals surface area contributed by atoms with Crippen molar-refractivity contribution in [2.75, 3.05) is 0 Å². The average molecular weight is 375 g/mol. The van der Waals surface area contributed by atoms with Crippen LogP contribution >= 0.6 is 0 Å². The molecule has 0 saturated heterocycles. The third-order valence-corrected chi connectivity index (χ3v) is 4.65. The molecule has 142 valence electrons. The van der Waals surface area contributed by atoms with E-state index in [0.29, 0.717) is 17.2 Å². The number of hydrogen-bond acceptors (Lipinski definition) is 4. The molecule has 4 aromatic rings. The molecule has 0 atom stereocenters. The molecule has 0 bridgehead atoms. The van der Waals surface area contributed by atoms with Gasteiger partial charge in [-0.15, -0.1) is 0 Å². The molecule has 28 heavy (non-hydrogen) atoms. The highest BCUT2D eigenvalue weighted by Crippen LogP contribution is 2.21. The smallest absolute Gasteiger partial charge is 0.257 e. The Balaban J connectivity index is 1.52. The highest BCUT2D eigenvalue weighted by Gasteiger charge is 2.20. The van der Waals surface area contributed by atoms with E-state index in [2.05, 4.69) is 15.4 Å². The molecule has 0 radical (unpaired) electrons. The first-order valence-corrected chi connectivity index (χ1v) is 9.00. The number of amides is 1. The number of carbonyl (C=O) groups excluding carboxylic acids is 1. The zero-order chi connectivity index (χ0) is 19.7. The van der Waals surface area contributed by atoms with E-state index < -0.39 is 0 Å². The third-order valence-electron chi connectivity index (χ3n) is 4.65. The van der Waals surface area contributed by atoms with Crippen LogP contribution in [0.2, 0.25) is 0 Å². The number of hydrogen-bond donors (Lipinski definition) is 1. The number of rotatable bonds is 5. The largest absolute Gasteiger partial charge is 0.439 e. The van der Waals surface area contributed by atoms with Crippen LogP contribution in [-0.4, -0.2) is 25.2 Å². The lowest BCUT2D eigenvalue weighted by Crippen LogP contribution is -2.24. The molecule has 4 rings (SSSR count). The molecule has 3 aromatic heterocycles. The monoisotopic (exact) mass is 375 g/mol. The minimum absolute atomic E-state index is 0.198. The summed E-state index contributed by atoms with van der Waals surface area (Å²) in [6.45, 7) is 4.20. The van der Waals surface area contributed by atoms with Crippen molar-refractivity contribution in [2.24, 2.45) is 7.05 Å². The fourth-order valence-corrected chi connectivity index (χ4v) is 3.24. The van der Waals surface area contributed by atoms with E-state index >= 15 is 0 Å². The molecule has 0 aliphatic heterocycles. The van der Waals surface area contributed by atoms with Gasteiger partial charge in [0.2, 0.25) is 5.89 Å². The summed E-state index contributed by atoms with van der Waals surface area (Å²) in [5.41, 5.74) is 3.52. The van der Waals surface area contributed by atoms with Crippen molar-refractivity contribution in [3.63, 3.8) is 0 Å². The summed E-state index contributed by atoms with van der Waals surface area (Å²) in [4.78, 5) is 17.1. The van der Waals surface area contributed by atoms with Crippen molar-refractivity contribution in [3.8, 4) is 17.1 Å². The number of oxazole rings is 1. The quantitative estimate of drug-likeness (QED) is 0.580. The molecule has 0 spiro atoms. The molecule has 0 saturated carbocycles. The van der Waals surface area contributed by atoms with Crippen LogP contribution in [0.1, 0.15) is 27.6 Å². The normalized spacial score (nSPS) is 11.0. The molecule has 0 aliphatic carbocycles. The van der Waals surface area contributed by atoms with Crippen LogP contribution < -0.4 is 5.32 Å². The molecule has 0 fully saturated rings. The Morgan fingerprint density at radius 3 is 2.50 bits per heavy atom.